The van der Waals surface area contributed by atoms with Gasteiger partial charge in [-0.05, 0) is 37.5 Å². The molecule has 0 radical (unpaired) electrons. The number of ether oxygens (including phenoxy) is 1. The molecule has 1 saturated heterocycles. The van der Waals surface area contributed by atoms with Crippen molar-refractivity contribution in [2.75, 3.05) is 19.4 Å². The van der Waals surface area contributed by atoms with Crippen molar-refractivity contribution < 1.29 is 13.2 Å². The van der Waals surface area contributed by atoms with E-state index in [0.717, 1.165) is 24.8 Å². The fourth-order valence-electron chi connectivity index (χ4n) is 2.58. The summed E-state index contributed by atoms with van der Waals surface area (Å²) in [6.45, 7) is 2.75. The van der Waals surface area contributed by atoms with Gasteiger partial charge in [0.25, 0.3) is 10.2 Å². The normalized spacial score (nSPS) is 20.4. The fraction of sp³-hybridized carbons (Fsp3) is 0.571. The summed E-state index contributed by atoms with van der Waals surface area (Å²) in [7, 11) is -1.90. The van der Waals surface area contributed by atoms with E-state index in [1.165, 1.54) is 0 Å². The SMILES string of the molecule is COc1ccc(CNS(=O)(=O)N2CCCCC2C)cc1N. The van der Waals surface area contributed by atoms with Crippen molar-refractivity contribution in [1.82, 2.24) is 9.03 Å². The average molecular weight is 313 g/mol. The number of methoxy groups -OCH3 is 1. The molecule has 0 bridgehead atoms. The van der Waals surface area contributed by atoms with E-state index in [1.54, 1.807) is 29.6 Å². The standard InChI is InChI=1S/C14H23N3O3S/c1-11-5-3-4-8-17(11)21(18,19)16-10-12-6-7-14(20-2)13(15)9-12/h6-7,9,11,16H,3-5,8,10,15H2,1-2H3. The van der Waals surface area contributed by atoms with E-state index in [0.29, 0.717) is 18.0 Å². The van der Waals surface area contributed by atoms with E-state index in [4.69, 9.17) is 10.5 Å². The van der Waals surface area contributed by atoms with Crippen LogP contribution in [0.25, 0.3) is 0 Å². The Balaban J connectivity index is 2.02. The summed E-state index contributed by atoms with van der Waals surface area (Å²) in [6, 6.07) is 5.32. The average Bonchev–Trinajstić information content (AvgIpc) is 2.45. The molecule has 1 heterocycles. The maximum Gasteiger partial charge on any atom is 0.279 e. The minimum Gasteiger partial charge on any atom is -0.495 e. The smallest absolute Gasteiger partial charge is 0.279 e. The third-order valence-electron chi connectivity index (χ3n) is 3.80. The van der Waals surface area contributed by atoms with E-state index in [-0.39, 0.29) is 12.6 Å². The summed E-state index contributed by atoms with van der Waals surface area (Å²) in [5.41, 5.74) is 7.13. The lowest BCUT2D eigenvalue weighted by molar-refractivity contribution is 0.265. The number of anilines is 1. The number of hydrogen-bond donors (Lipinski definition) is 2. The molecule has 1 aliphatic rings. The van der Waals surface area contributed by atoms with Crippen molar-refractivity contribution in [3.05, 3.63) is 23.8 Å². The van der Waals surface area contributed by atoms with Crippen LogP contribution in [0, 0.1) is 0 Å². The van der Waals surface area contributed by atoms with Crippen LogP contribution in [0.1, 0.15) is 31.7 Å². The first-order valence-corrected chi connectivity index (χ1v) is 8.57. The monoisotopic (exact) mass is 313 g/mol. The second-order valence-corrected chi connectivity index (χ2v) is 7.07. The van der Waals surface area contributed by atoms with Crippen molar-refractivity contribution in [3.8, 4) is 5.75 Å². The first-order valence-electron chi connectivity index (χ1n) is 7.13. The first-order chi connectivity index (χ1) is 9.94. The van der Waals surface area contributed by atoms with Gasteiger partial charge in [-0.25, -0.2) is 0 Å². The molecule has 21 heavy (non-hydrogen) atoms. The molecule has 1 aromatic carbocycles. The molecule has 1 atom stereocenters. The Morgan fingerprint density at radius 2 is 2.19 bits per heavy atom. The van der Waals surface area contributed by atoms with Gasteiger partial charge in [-0.2, -0.15) is 17.4 Å². The molecular weight excluding hydrogens is 290 g/mol. The van der Waals surface area contributed by atoms with Crippen LogP contribution in [-0.2, 0) is 16.8 Å². The number of piperidine rings is 1. The maximum atomic E-state index is 12.3. The van der Waals surface area contributed by atoms with Crippen LogP contribution in [-0.4, -0.2) is 32.4 Å². The Hall–Kier alpha value is -1.31. The predicted octanol–water partition coefficient (Wildman–Crippen LogP) is 1.49. The second-order valence-electron chi connectivity index (χ2n) is 5.36. The number of nitrogens with one attached hydrogen (secondary N) is 1. The van der Waals surface area contributed by atoms with E-state index in [9.17, 15) is 8.42 Å². The lowest BCUT2D eigenvalue weighted by atomic mass is 10.1. The van der Waals surface area contributed by atoms with E-state index in [1.807, 2.05) is 6.92 Å². The van der Waals surface area contributed by atoms with Crippen LogP contribution in [0.5, 0.6) is 5.75 Å². The van der Waals surface area contributed by atoms with Gasteiger partial charge in [-0.3, -0.25) is 0 Å². The molecule has 6 nitrogen and oxygen atoms in total. The Bertz CT molecular complexity index is 589. The van der Waals surface area contributed by atoms with Gasteiger partial charge in [0.2, 0.25) is 0 Å². The molecule has 0 amide bonds. The minimum absolute atomic E-state index is 0.0530. The van der Waals surface area contributed by atoms with Crippen molar-refractivity contribution in [1.29, 1.82) is 0 Å². The Morgan fingerprint density at radius 3 is 2.81 bits per heavy atom. The lowest BCUT2D eigenvalue weighted by Gasteiger charge is -2.32. The lowest BCUT2D eigenvalue weighted by Crippen LogP contribution is -2.47. The minimum atomic E-state index is -3.45. The molecule has 2 rings (SSSR count). The predicted molar refractivity (Wildman–Crippen MR) is 83.2 cm³/mol. The van der Waals surface area contributed by atoms with Crippen LogP contribution in [0.4, 0.5) is 5.69 Å². The molecule has 0 aromatic heterocycles. The molecule has 1 aromatic rings. The zero-order valence-corrected chi connectivity index (χ0v) is 13.3. The van der Waals surface area contributed by atoms with Gasteiger partial charge in [0.15, 0.2) is 0 Å². The molecule has 118 valence electrons. The highest BCUT2D eigenvalue weighted by atomic mass is 32.2. The Morgan fingerprint density at radius 1 is 1.43 bits per heavy atom. The van der Waals surface area contributed by atoms with Gasteiger partial charge in [0.1, 0.15) is 5.75 Å². The molecule has 1 unspecified atom stereocenters. The van der Waals surface area contributed by atoms with E-state index >= 15 is 0 Å². The summed E-state index contributed by atoms with van der Waals surface area (Å²) in [4.78, 5) is 0. The molecule has 1 aliphatic heterocycles. The fourth-order valence-corrected chi connectivity index (χ4v) is 4.04. The third-order valence-corrected chi connectivity index (χ3v) is 5.47. The van der Waals surface area contributed by atoms with Gasteiger partial charge in [0.05, 0.1) is 12.8 Å². The van der Waals surface area contributed by atoms with Crippen molar-refractivity contribution in [2.24, 2.45) is 0 Å². The van der Waals surface area contributed by atoms with Gasteiger partial charge >= 0.3 is 0 Å². The van der Waals surface area contributed by atoms with Crippen LogP contribution < -0.4 is 15.2 Å². The van der Waals surface area contributed by atoms with Gasteiger partial charge in [-0.1, -0.05) is 12.5 Å². The van der Waals surface area contributed by atoms with Crippen LogP contribution >= 0.6 is 0 Å². The van der Waals surface area contributed by atoms with Crippen LogP contribution in [0.2, 0.25) is 0 Å². The molecule has 0 saturated carbocycles. The van der Waals surface area contributed by atoms with Crippen LogP contribution in [0.3, 0.4) is 0 Å². The van der Waals surface area contributed by atoms with Gasteiger partial charge in [0, 0.05) is 19.1 Å². The molecule has 3 N–H and O–H groups in total. The second kappa shape index (κ2) is 6.64. The molecule has 0 spiro atoms. The third kappa shape index (κ3) is 3.87. The van der Waals surface area contributed by atoms with Crippen molar-refractivity contribution in [2.45, 2.75) is 38.8 Å². The number of hydrogen-bond acceptors (Lipinski definition) is 4. The van der Waals surface area contributed by atoms with E-state index in [2.05, 4.69) is 4.72 Å². The molecule has 7 heteroatoms. The maximum absolute atomic E-state index is 12.3. The number of nitrogens with two attached hydrogens (primary N) is 1. The molecular formula is C14H23N3O3S. The van der Waals surface area contributed by atoms with Crippen molar-refractivity contribution >= 4 is 15.9 Å². The number of nitrogens with zero attached hydrogens (tertiary/aromatic N) is 1. The number of benzene rings is 1. The highest BCUT2D eigenvalue weighted by Gasteiger charge is 2.28. The quantitative estimate of drug-likeness (QED) is 0.807. The highest BCUT2D eigenvalue weighted by molar-refractivity contribution is 7.87. The summed E-state index contributed by atoms with van der Waals surface area (Å²) in [6.07, 6.45) is 2.92. The van der Waals surface area contributed by atoms with Crippen LogP contribution in [0.15, 0.2) is 18.2 Å². The summed E-state index contributed by atoms with van der Waals surface area (Å²) in [5, 5.41) is 0. The zero-order valence-electron chi connectivity index (χ0n) is 12.5. The summed E-state index contributed by atoms with van der Waals surface area (Å²) < 4.78 is 33.9. The Labute approximate surface area is 126 Å². The highest BCUT2D eigenvalue weighted by Crippen LogP contribution is 2.22. The summed E-state index contributed by atoms with van der Waals surface area (Å²) >= 11 is 0. The largest absolute Gasteiger partial charge is 0.495 e. The van der Waals surface area contributed by atoms with Gasteiger partial charge < -0.3 is 10.5 Å². The number of rotatable bonds is 5. The molecule has 0 aliphatic carbocycles. The van der Waals surface area contributed by atoms with E-state index < -0.39 is 10.2 Å². The Kier molecular flexibility index (Phi) is 5.08. The first kappa shape index (κ1) is 16.1. The summed E-state index contributed by atoms with van der Waals surface area (Å²) in [5.74, 6) is 0.589. The van der Waals surface area contributed by atoms with Gasteiger partial charge in [-0.15, -0.1) is 0 Å². The number of nitrogen functional groups attached to an aromatic ring is 1. The zero-order chi connectivity index (χ0) is 15.5. The van der Waals surface area contributed by atoms with Crippen molar-refractivity contribution in [3.63, 3.8) is 0 Å². The molecule has 1 fully saturated rings. The topological polar surface area (TPSA) is 84.7 Å².